The number of nitrogens with one attached hydrogen (secondary N) is 1. The Morgan fingerprint density at radius 3 is 2.80 bits per heavy atom. The molecule has 0 saturated carbocycles. The molecule has 0 spiro atoms. The van der Waals surface area contributed by atoms with Crippen LogP contribution in [0.1, 0.15) is 37.9 Å². The van der Waals surface area contributed by atoms with E-state index in [1.807, 2.05) is 13.8 Å². The fourth-order valence-electron chi connectivity index (χ4n) is 3.43. The van der Waals surface area contributed by atoms with Crippen LogP contribution < -0.4 is 10.2 Å². The predicted molar refractivity (Wildman–Crippen MR) is 93.5 cm³/mol. The number of aromatic nitrogens is 1. The highest BCUT2D eigenvalue weighted by Crippen LogP contribution is 2.42. The maximum Gasteiger partial charge on any atom is 0.224 e. The van der Waals surface area contributed by atoms with Gasteiger partial charge in [-0.25, -0.2) is 9.37 Å². The van der Waals surface area contributed by atoms with Crippen molar-refractivity contribution in [1.29, 1.82) is 5.26 Å². The third kappa shape index (κ3) is 2.93. The molecule has 6 heteroatoms. The Morgan fingerprint density at radius 1 is 1.36 bits per heavy atom. The first-order valence-corrected chi connectivity index (χ1v) is 8.15. The van der Waals surface area contributed by atoms with Crippen LogP contribution in [-0.2, 0) is 4.79 Å². The van der Waals surface area contributed by atoms with E-state index in [4.69, 9.17) is 0 Å². The lowest BCUT2D eigenvalue weighted by molar-refractivity contribution is -0.117. The average Bonchev–Trinajstić information content (AvgIpc) is 2.59. The van der Waals surface area contributed by atoms with Crippen LogP contribution in [-0.4, -0.2) is 16.9 Å². The van der Waals surface area contributed by atoms with Gasteiger partial charge < -0.3 is 10.2 Å². The van der Waals surface area contributed by atoms with Crippen molar-refractivity contribution in [2.75, 3.05) is 10.2 Å². The van der Waals surface area contributed by atoms with Crippen molar-refractivity contribution in [2.24, 2.45) is 5.92 Å². The normalized spacial score (nSPS) is 22.0. The number of nitriles is 1. The number of fused-ring (bicyclic) bond motifs is 1. The van der Waals surface area contributed by atoms with E-state index in [2.05, 4.69) is 16.4 Å². The molecule has 1 unspecified atom stereocenters. The molecule has 1 aromatic carbocycles. The summed E-state index contributed by atoms with van der Waals surface area (Å²) in [6, 6.07) is 9.57. The molecule has 1 amide bonds. The van der Waals surface area contributed by atoms with Crippen LogP contribution in [0, 0.1) is 23.1 Å². The summed E-state index contributed by atoms with van der Waals surface area (Å²) >= 11 is 0. The Morgan fingerprint density at radius 2 is 2.12 bits per heavy atom. The lowest BCUT2D eigenvalue weighted by Gasteiger charge is -2.44. The van der Waals surface area contributed by atoms with E-state index in [0.717, 1.165) is 0 Å². The van der Waals surface area contributed by atoms with Crippen molar-refractivity contribution in [3.63, 3.8) is 0 Å². The Balaban J connectivity index is 2.10. The highest BCUT2D eigenvalue weighted by atomic mass is 19.1. The molecule has 1 aliphatic rings. The van der Waals surface area contributed by atoms with Crippen LogP contribution in [0.15, 0.2) is 36.5 Å². The zero-order chi connectivity index (χ0) is 18.1. The lowest BCUT2D eigenvalue weighted by atomic mass is 9.82. The molecule has 0 fully saturated rings. The van der Waals surface area contributed by atoms with E-state index in [-0.39, 0.29) is 29.7 Å². The molecule has 2 heterocycles. The van der Waals surface area contributed by atoms with E-state index in [1.165, 1.54) is 19.1 Å². The molecule has 1 N–H and O–H groups in total. The summed E-state index contributed by atoms with van der Waals surface area (Å²) in [6.07, 6.45) is 1.61. The molecule has 3 rings (SSSR count). The first-order valence-electron chi connectivity index (χ1n) is 8.15. The standard InChI is InChI=1S/C19H19FN4O/c1-11-12(2)24(13(3)25)17-7-6-15(20)9-16(17)18(11)23-19-14(10-21)5-4-8-22-19/h4-9,11-12,18H,1-3H3,(H,22,23)/t11?,12-,18+/m0/s1. The van der Waals surface area contributed by atoms with Crippen LogP contribution in [0.25, 0.3) is 0 Å². The van der Waals surface area contributed by atoms with Gasteiger partial charge in [0.25, 0.3) is 0 Å². The molecule has 25 heavy (non-hydrogen) atoms. The van der Waals surface area contributed by atoms with Crippen molar-refractivity contribution in [3.05, 3.63) is 53.5 Å². The Bertz CT molecular complexity index is 861. The van der Waals surface area contributed by atoms with Crippen molar-refractivity contribution < 1.29 is 9.18 Å². The summed E-state index contributed by atoms with van der Waals surface area (Å²) in [6.45, 7) is 5.48. The summed E-state index contributed by atoms with van der Waals surface area (Å²) in [4.78, 5) is 18.1. The zero-order valence-electron chi connectivity index (χ0n) is 14.3. The number of carbonyl (C=O) groups is 1. The number of benzene rings is 1. The van der Waals surface area contributed by atoms with Gasteiger partial charge in [0.15, 0.2) is 0 Å². The highest BCUT2D eigenvalue weighted by Gasteiger charge is 2.38. The van der Waals surface area contributed by atoms with Crippen LogP contribution >= 0.6 is 0 Å². The first kappa shape index (κ1) is 16.9. The smallest absolute Gasteiger partial charge is 0.224 e. The number of rotatable bonds is 2. The SMILES string of the molecule is CC(=O)N1c2ccc(F)cc2[C@H](Nc2ncccc2C#N)C(C)[C@@H]1C. The van der Waals surface area contributed by atoms with Gasteiger partial charge in [-0.05, 0) is 37.3 Å². The predicted octanol–water partition coefficient (Wildman–Crippen LogP) is 3.64. The second-order valence-corrected chi connectivity index (χ2v) is 6.33. The van der Waals surface area contributed by atoms with Crippen LogP contribution in [0.3, 0.4) is 0 Å². The second kappa shape index (κ2) is 6.52. The molecule has 5 nitrogen and oxygen atoms in total. The topological polar surface area (TPSA) is 69.0 Å². The van der Waals surface area contributed by atoms with Crippen LogP contribution in [0.5, 0.6) is 0 Å². The molecule has 128 valence electrons. The van der Waals surface area contributed by atoms with E-state index in [0.29, 0.717) is 22.6 Å². The van der Waals surface area contributed by atoms with E-state index >= 15 is 0 Å². The molecule has 0 bridgehead atoms. The number of hydrogen-bond donors (Lipinski definition) is 1. The van der Waals surface area contributed by atoms with Gasteiger partial charge in [0, 0.05) is 36.3 Å². The van der Waals surface area contributed by atoms with Gasteiger partial charge in [-0.15, -0.1) is 0 Å². The summed E-state index contributed by atoms with van der Waals surface area (Å²) in [5, 5.41) is 12.6. The van der Waals surface area contributed by atoms with Gasteiger partial charge in [0.05, 0.1) is 11.6 Å². The number of pyridine rings is 1. The number of hydrogen-bond acceptors (Lipinski definition) is 4. The molecule has 3 atom stereocenters. The summed E-state index contributed by atoms with van der Waals surface area (Å²) in [5.74, 6) is 0.00539. The second-order valence-electron chi connectivity index (χ2n) is 6.33. The minimum Gasteiger partial charge on any atom is -0.362 e. The van der Waals surface area contributed by atoms with Crippen LogP contribution in [0.2, 0.25) is 0 Å². The van der Waals surface area contributed by atoms with Gasteiger partial charge in [-0.2, -0.15) is 5.26 Å². The Hall–Kier alpha value is -2.94. The molecular formula is C19H19FN4O. The third-order valence-corrected chi connectivity index (χ3v) is 4.84. The molecule has 0 saturated heterocycles. The molecular weight excluding hydrogens is 319 g/mol. The van der Waals surface area contributed by atoms with Crippen LogP contribution in [0.4, 0.5) is 15.9 Å². The minimum atomic E-state index is -0.364. The summed E-state index contributed by atoms with van der Waals surface area (Å²) in [5.41, 5.74) is 1.80. The molecule has 1 aromatic heterocycles. The van der Waals surface area contributed by atoms with Gasteiger partial charge >= 0.3 is 0 Å². The quantitative estimate of drug-likeness (QED) is 0.908. The van der Waals surface area contributed by atoms with Gasteiger partial charge in [-0.1, -0.05) is 6.92 Å². The van der Waals surface area contributed by atoms with Crippen molar-refractivity contribution in [1.82, 2.24) is 4.98 Å². The van der Waals surface area contributed by atoms with Crippen molar-refractivity contribution in [2.45, 2.75) is 32.9 Å². The Labute approximate surface area is 146 Å². The zero-order valence-corrected chi connectivity index (χ0v) is 14.3. The third-order valence-electron chi connectivity index (χ3n) is 4.84. The van der Waals surface area contributed by atoms with E-state index < -0.39 is 0 Å². The highest BCUT2D eigenvalue weighted by molar-refractivity contribution is 5.94. The number of amides is 1. The summed E-state index contributed by atoms with van der Waals surface area (Å²) in [7, 11) is 0. The maximum atomic E-state index is 13.9. The monoisotopic (exact) mass is 338 g/mol. The minimum absolute atomic E-state index is 0.00764. The molecule has 0 radical (unpaired) electrons. The number of halogens is 1. The van der Waals surface area contributed by atoms with Crippen molar-refractivity contribution in [3.8, 4) is 6.07 Å². The van der Waals surface area contributed by atoms with Crippen molar-refractivity contribution >= 4 is 17.4 Å². The molecule has 0 aliphatic carbocycles. The average molecular weight is 338 g/mol. The molecule has 1 aliphatic heterocycles. The largest absolute Gasteiger partial charge is 0.362 e. The van der Waals surface area contributed by atoms with Gasteiger partial charge in [0.2, 0.25) is 5.91 Å². The fourth-order valence-corrected chi connectivity index (χ4v) is 3.43. The molecule has 2 aromatic rings. The van der Waals surface area contributed by atoms with Gasteiger partial charge in [-0.3, -0.25) is 4.79 Å². The first-order chi connectivity index (χ1) is 11.9. The summed E-state index contributed by atoms with van der Waals surface area (Å²) < 4.78 is 13.9. The number of carbonyl (C=O) groups excluding carboxylic acids is 1. The fraction of sp³-hybridized carbons (Fsp3) is 0.316. The van der Waals surface area contributed by atoms with E-state index in [1.54, 1.807) is 29.3 Å². The maximum absolute atomic E-state index is 13.9. The number of nitrogens with zero attached hydrogens (tertiary/aromatic N) is 3. The van der Waals surface area contributed by atoms with E-state index in [9.17, 15) is 14.4 Å². The lowest BCUT2D eigenvalue weighted by Crippen LogP contribution is -2.48. The Kier molecular flexibility index (Phi) is 4.41. The number of anilines is 2. The van der Waals surface area contributed by atoms with Gasteiger partial charge in [0.1, 0.15) is 17.7 Å².